The van der Waals surface area contributed by atoms with Crippen molar-refractivity contribution >= 4 is 6.09 Å². The number of alkyl carbamates (subject to hydrolysis) is 1. The number of ether oxygens (including phenoxy) is 1. The Hall–Kier alpha value is -1.51. The summed E-state index contributed by atoms with van der Waals surface area (Å²) in [5.74, 6) is 1.52. The first-order chi connectivity index (χ1) is 11.7. The van der Waals surface area contributed by atoms with E-state index < -0.39 is 0 Å². The molecule has 1 N–H and O–H groups in total. The molecule has 2 aliphatic rings. The number of unbranched alkanes of at least 4 members (excludes halogenated alkanes) is 1. The molecule has 132 valence electrons. The van der Waals surface area contributed by atoms with Gasteiger partial charge in [0.2, 0.25) is 0 Å². The first-order valence-electron chi connectivity index (χ1n) is 9.67. The molecular formula is C21H31NO2. The van der Waals surface area contributed by atoms with Crippen molar-refractivity contribution in [3.63, 3.8) is 0 Å². The summed E-state index contributed by atoms with van der Waals surface area (Å²) in [6, 6.07) is 8.74. The Morgan fingerprint density at radius 3 is 2.79 bits per heavy atom. The van der Waals surface area contributed by atoms with E-state index in [-0.39, 0.29) is 12.2 Å². The average molecular weight is 329 g/mol. The van der Waals surface area contributed by atoms with Gasteiger partial charge >= 0.3 is 6.09 Å². The minimum Gasteiger partial charge on any atom is -0.446 e. The number of nitrogens with one attached hydrogen (secondary N) is 1. The molecule has 1 aromatic rings. The summed E-state index contributed by atoms with van der Waals surface area (Å²) in [5.41, 5.74) is 2.56. The van der Waals surface area contributed by atoms with Crippen molar-refractivity contribution in [3.8, 4) is 0 Å². The van der Waals surface area contributed by atoms with Crippen LogP contribution in [-0.2, 0) is 11.2 Å². The monoisotopic (exact) mass is 329 g/mol. The molecule has 4 atom stereocenters. The highest BCUT2D eigenvalue weighted by Gasteiger charge is 2.40. The fourth-order valence-electron chi connectivity index (χ4n) is 4.48. The number of fused-ring (bicyclic) bond motifs is 2. The van der Waals surface area contributed by atoms with Crippen molar-refractivity contribution in [3.05, 3.63) is 35.4 Å². The van der Waals surface area contributed by atoms with Gasteiger partial charge in [-0.3, -0.25) is 0 Å². The van der Waals surface area contributed by atoms with Crippen LogP contribution in [0.3, 0.4) is 0 Å². The summed E-state index contributed by atoms with van der Waals surface area (Å²) in [5, 5.41) is 3.16. The Balaban J connectivity index is 1.55. The molecule has 0 radical (unpaired) electrons. The van der Waals surface area contributed by atoms with Crippen molar-refractivity contribution in [1.82, 2.24) is 5.32 Å². The van der Waals surface area contributed by atoms with Gasteiger partial charge in [0, 0.05) is 12.5 Å². The normalized spacial score (nSPS) is 26.3. The van der Waals surface area contributed by atoms with Gasteiger partial charge in [0.15, 0.2) is 0 Å². The zero-order valence-corrected chi connectivity index (χ0v) is 15.1. The minimum atomic E-state index is -0.206. The van der Waals surface area contributed by atoms with Crippen molar-refractivity contribution < 1.29 is 9.53 Å². The average Bonchev–Trinajstić information content (AvgIpc) is 3.17. The second-order valence-electron chi connectivity index (χ2n) is 7.73. The maximum Gasteiger partial charge on any atom is 0.407 e. The van der Waals surface area contributed by atoms with Crippen LogP contribution in [0.1, 0.15) is 63.0 Å². The Bertz CT molecular complexity index is 557. The third-order valence-electron chi connectivity index (χ3n) is 5.90. The van der Waals surface area contributed by atoms with E-state index in [0.29, 0.717) is 12.0 Å². The molecule has 0 heterocycles. The third-order valence-corrected chi connectivity index (χ3v) is 5.90. The largest absolute Gasteiger partial charge is 0.446 e. The smallest absolute Gasteiger partial charge is 0.407 e. The predicted molar refractivity (Wildman–Crippen MR) is 97.0 cm³/mol. The van der Waals surface area contributed by atoms with Crippen molar-refractivity contribution in [2.75, 3.05) is 0 Å². The maximum absolute atomic E-state index is 12.4. The fourth-order valence-corrected chi connectivity index (χ4v) is 4.48. The number of aryl methyl sites for hydroxylation is 1. The number of carbonyl (C=O) groups excluding carboxylic acids is 1. The highest BCUT2D eigenvalue weighted by atomic mass is 16.6. The van der Waals surface area contributed by atoms with Gasteiger partial charge in [0.25, 0.3) is 0 Å². The van der Waals surface area contributed by atoms with Crippen LogP contribution in [0.15, 0.2) is 24.3 Å². The van der Waals surface area contributed by atoms with Gasteiger partial charge < -0.3 is 10.1 Å². The Morgan fingerprint density at radius 2 is 2.12 bits per heavy atom. The molecular weight excluding hydrogens is 298 g/mol. The van der Waals surface area contributed by atoms with Gasteiger partial charge in [0.1, 0.15) is 6.10 Å². The van der Waals surface area contributed by atoms with Gasteiger partial charge in [-0.1, -0.05) is 50.5 Å². The van der Waals surface area contributed by atoms with Crippen LogP contribution in [0.2, 0.25) is 0 Å². The summed E-state index contributed by atoms with van der Waals surface area (Å²) in [6.45, 7) is 4.31. The quantitative estimate of drug-likeness (QED) is 0.763. The number of amides is 1. The van der Waals surface area contributed by atoms with E-state index in [1.807, 2.05) is 0 Å². The molecule has 0 aliphatic heterocycles. The molecule has 2 bridgehead atoms. The van der Waals surface area contributed by atoms with E-state index in [1.54, 1.807) is 0 Å². The van der Waals surface area contributed by atoms with Crippen molar-refractivity contribution in [2.24, 2.45) is 11.8 Å². The first-order valence-corrected chi connectivity index (χ1v) is 9.67. The van der Waals surface area contributed by atoms with Crippen LogP contribution in [0.25, 0.3) is 0 Å². The Labute approximate surface area is 146 Å². The van der Waals surface area contributed by atoms with E-state index in [1.165, 1.54) is 30.4 Å². The molecule has 2 fully saturated rings. The van der Waals surface area contributed by atoms with Crippen LogP contribution >= 0.6 is 0 Å². The zero-order valence-electron chi connectivity index (χ0n) is 15.1. The SMILES string of the molecule is CCCC[C@@H](Cc1ccccc1C)OC(=O)NC1CC2CCC1C2. The van der Waals surface area contributed by atoms with Gasteiger partial charge in [-0.15, -0.1) is 0 Å². The van der Waals surface area contributed by atoms with Crippen molar-refractivity contribution in [1.29, 1.82) is 0 Å². The predicted octanol–water partition coefficient (Wildman–Crippen LogP) is 5.01. The van der Waals surface area contributed by atoms with Crippen LogP contribution in [0, 0.1) is 18.8 Å². The highest BCUT2D eigenvalue weighted by Crippen LogP contribution is 2.44. The number of carbonyl (C=O) groups is 1. The van der Waals surface area contributed by atoms with Crippen LogP contribution in [0.4, 0.5) is 4.79 Å². The molecule has 1 amide bonds. The minimum absolute atomic E-state index is 0.0235. The van der Waals surface area contributed by atoms with E-state index >= 15 is 0 Å². The Kier molecular flexibility index (Phi) is 5.80. The summed E-state index contributed by atoms with van der Waals surface area (Å²) in [4.78, 5) is 12.4. The van der Waals surface area contributed by atoms with E-state index in [0.717, 1.165) is 38.0 Å². The third kappa shape index (κ3) is 4.31. The molecule has 0 aromatic heterocycles. The Morgan fingerprint density at radius 1 is 1.29 bits per heavy atom. The van der Waals surface area contributed by atoms with E-state index in [2.05, 4.69) is 43.4 Å². The maximum atomic E-state index is 12.4. The summed E-state index contributed by atoms with van der Waals surface area (Å²) >= 11 is 0. The van der Waals surface area contributed by atoms with Crippen molar-refractivity contribution in [2.45, 2.75) is 77.4 Å². The second kappa shape index (κ2) is 8.04. The van der Waals surface area contributed by atoms with Gasteiger partial charge in [0.05, 0.1) is 0 Å². The lowest BCUT2D eigenvalue weighted by Crippen LogP contribution is -2.40. The van der Waals surface area contributed by atoms with Crippen LogP contribution < -0.4 is 5.32 Å². The number of benzene rings is 1. The lowest BCUT2D eigenvalue weighted by molar-refractivity contribution is 0.0858. The molecule has 1 aromatic carbocycles. The topological polar surface area (TPSA) is 38.3 Å². The molecule has 3 heteroatoms. The summed E-state index contributed by atoms with van der Waals surface area (Å²) < 4.78 is 5.83. The molecule has 3 nitrogen and oxygen atoms in total. The molecule has 2 aliphatic carbocycles. The fraction of sp³-hybridized carbons (Fsp3) is 0.667. The first kappa shape index (κ1) is 17.3. The van der Waals surface area contributed by atoms with E-state index in [4.69, 9.17) is 4.74 Å². The summed E-state index contributed by atoms with van der Waals surface area (Å²) in [6.07, 6.45) is 8.82. The second-order valence-corrected chi connectivity index (χ2v) is 7.73. The molecule has 0 spiro atoms. The van der Waals surface area contributed by atoms with E-state index in [9.17, 15) is 4.79 Å². The molecule has 2 saturated carbocycles. The van der Waals surface area contributed by atoms with Gasteiger partial charge in [-0.25, -0.2) is 4.79 Å². The molecule has 24 heavy (non-hydrogen) atoms. The molecule has 3 rings (SSSR count). The number of hydrogen-bond donors (Lipinski definition) is 1. The lowest BCUT2D eigenvalue weighted by atomic mass is 9.95. The highest BCUT2D eigenvalue weighted by molar-refractivity contribution is 5.68. The summed E-state index contributed by atoms with van der Waals surface area (Å²) in [7, 11) is 0. The number of rotatable bonds is 7. The van der Waals surface area contributed by atoms with Gasteiger partial charge in [-0.2, -0.15) is 0 Å². The zero-order chi connectivity index (χ0) is 16.9. The number of hydrogen-bond acceptors (Lipinski definition) is 2. The van der Waals surface area contributed by atoms with Gasteiger partial charge in [-0.05, 0) is 55.6 Å². The standard InChI is InChI=1S/C21H31NO2/c1-3-4-9-19(14-17-8-6-5-7-15(17)2)24-21(23)22-20-13-16-10-11-18(20)12-16/h5-8,16,18-20H,3-4,9-14H2,1-2H3,(H,22,23)/t16?,18?,19-,20?/m0/s1. The lowest BCUT2D eigenvalue weighted by Gasteiger charge is -2.25. The molecule has 3 unspecified atom stereocenters. The molecule has 0 saturated heterocycles. The van der Waals surface area contributed by atoms with Crippen LogP contribution in [0.5, 0.6) is 0 Å². The van der Waals surface area contributed by atoms with Crippen LogP contribution in [-0.4, -0.2) is 18.2 Å².